The number of halogens is 2. The number of hydrogen-bond acceptors (Lipinski definition) is 3. The Morgan fingerprint density at radius 1 is 1.10 bits per heavy atom. The summed E-state index contributed by atoms with van der Waals surface area (Å²) >= 11 is 9.43. The summed E-state index contributed by atoms with van der Waals surface area (Å²) in [6.07, 6.45) is 1.51. The van der Waals surface area contributed by atoms with Crippen LogP contribution in [0.1, 0.15) is 11.1 Å². The summed E-state index contributed by atoms with van der Waals surface area (Å²) in [5, 5.41) is 12.8. The van der Waals surface area contributed by atoms with E-state index in [4.69, 9.17) is 16.3 Å². The number of para-hydroxylation sites is 1. The first-order chi connectivity index (χ1) is 14.0. The van der Waals surface area contributed by atoms with Crippen LogP contribution in [0.4, 0.5) is 5.69 Å². The van der Waals surface area contributed by atoms with E-state index >= 15 is 0 Å². The summed E-state index contributed by atoms with van der Waals surface area (Å²) < 4.78 is 6.72. The van der Waals surface area contributed by atoms with Gasteiger partial charge in [0.2, 0.25) is 0 Å². The van der Waals surface area contributed by atoms with Gasteiger partial charge in [0.1, 0.15) is 24.0 Å². The van der Waals surface area contributed by atoms with Crippen LogP contribution in [-0.2, 0) is 11.4 Å². The number of rotatable bonds is 6. The molecular weight excluding hydrogens is 452 g/mol. The molecule has 0 aliphatic rings. The van der Waals surface area contributed by atoms with E-state index in [9.17, 15) is 10.1 Å². The van der Waals surface area contributed by atoms with Crippen molar-refractivity contribution in [1.82, 2.24) is 0 Å². The van der Waals surface area contributed by atoms with Crippen LogP contribution in [0.25, 0.3) is 6.08 Å². The van der Waals surface area contributed by atoms with Crippen LogP contribution in [-0.4, -0.2) is 5.91 Å². The van der Waals surface area contributed by atoms with E-state index in [1.165, 1.54) is 6.08 Å². The van der Waals surface area contributed by atoms with Crippen LogP contribution in [0.5, 0.6) is 5.75 Å². The minimum absolute atomic E-state index is 0.0282. The van der Waals surface area contributed by atoms with E-state index in [0.29, 0.717) is 28.6 Å². The number of carbonyl (C=O) groups excluding carboxylic acids is 1. The van der Waals surface area contributed by atoms with Gasteiger partial charge in [0, 0.05) is 20.7 Å². The first kappa shape index (κ1) is 20.7. The summed E-state index contributed by atoms with van der Waals surface area (Å²) in [6.45, 7) is 0.307. The van der Waals surface area contributed by atoms with E-state index in [0.717, 1.165) is 10.0 Å². The molecule has 0 heterocycles. The molecule has 0 spiro atoms. The van der Waals surface area contributed by atoms with Gasteiger partial charge >= 0.3 is 0 Å². The monoisotopic (exact) mass is 466 g/mol. The predicted octanol–water partition coefficient (Wildman–Crippen LogP) is 6.23. The Balaban J connectivity index is 1.83. The number of nitrogens with zero attached hydrogens (tertiary/aromatic N) is 1. The maximum Gasteiger partial charge on any atom is 0.266 e. The van der Waals surface area contributed by atoms with Crippen LogP contribution < -0.4 is 10.1 Å². The van der Waals surface area contributed by atoms with Crippen molar-refractivity contribution in [2.24, 2.45) is 0 Å². The summed E-state index contributed by atoms with van der Waals surface area (Å²) in [5.41, 5.74) is 2.11. The summed E-state index contributed by atoms with van der Waals surface area (Å²) in [4.78, 5) is 12.5. The first-order valence-corrected chi connectivity index (χ1v) is 9.87. The number of anilines is 1. The predicted molar refractivity (Wildman–Crippen MR) is 119 cm³/mol. The highest BCUT2D eigenvalue weighted by Gasteiger charge is 2.12. The Hall–Kier alpha value is -3.07. The molecule has 29 heavy (non-hydrogen) atoms. The molecule has 144 valence electrons. The van der Waals surface area contributed by atoms with Crippen molar-refractivity contribution < 1.29 is 9.53 Å². The molecule has 0 fully saturated rings. The van der Waals surface area contributed by atoms with Crippen LogP contribution in [0.2, 0.25) is 5.02 Å². The van der Waals surface area contributed by atoms with Crippen LogP contribution in [0.3, 0.4) is 0 Å². The molecule has 0 bridgehead atoms. The molecule has 1 N–H and O–H groups in total. The molecule has 0 aliphatic carbocycles. The Labute approximate surface area is 182 Å². The van der Waals surface area contributed by atoms with Gasteiger partial charge in [0.25, 0.3) is 5.91 Å². The topological polar surface area (TPSA) is 62.1 Å². The number of carbonyl (C=O) groups is 1. The van der Waals surface area contributed by atoms with Gasteiger partial charge in [-0.1, -0.05) is 57.9 Å². The highest BCUT2D eigenvalue weighted by atomic mass is 79.9. The van der Waals surface area contributed by atoms with Crippen LogP contribution in [0, 0.1) is 11.3 Å². The Bertz CT molecular complexity index is 1090. The number of ether oxygens (including phenoxy) is 1. The average molecular weight is 468 g/mol. The summed E-state index contributed by atoms with van der Waals surface area (Å²) in [6, 6.07) is 23.7. The van der Waals surface area contributed by atoms with E-state index in [1.54, 1.807) is 30.3 Å². The fraction of sp³-hybridized carbons (Fsp3) is 0.0435. The van der Waals surface area contributed by atoms with Crippen molar-refractivity contribution in [1.29, 1.82) is 5.26 Å². The van der Waals surface area contributed by atoms with Crippen LogP contribution >= 0.6 is 27.5 Å². The Kier molecular flexibility index (Phi) is 7.07. The number of benzene rings is 3. The molecule has 0 aromatic heterocycles. The van der Waals surface area contributed by atoms with Crippen LogP contribution in [0.15, 0.2) is 82.8 Å². The third-order valence-electron chi connectivity index (χ3n) is 3.95. The van der Waals surface area contributed by atoms with Gasteiger partial charge in [0.05, 0.1) is 0 Å². The number of nitrogens with one attached hydrogen (secondary N) is 1. The van der Waals surface area contributed by atoms with Gasteiger partial charge in [-0.25, -0.2) is 0 Å². The molecule has 0 radical (unpaired) electrons. The zero-order valence-corrected chi connectivity index (χ0v) is 17.6. The maximum absolute atomic E-state index is 12.5. The van der Waals surface area contributed by atoms with E-state index < -0.39 is 5.91 Å². The van der Waals surface area contributed by atoms with Gasteiger partial charge in [-0.2, -0.15) is 5.26 Å². The molecule has 0 saturated heterocycles. The normalized spacial score (nSPS) is 10.9. The molecule has 3 rings (SSSR count). The number of amides is 1. The zero-order valence-electron chi connectivity index (χ0n) is 15.2. The van der Waals surface area contributed by atoms with Gasteiger partial charge in [-0.3, -0.25) is 4.79 Å². The molecule has 0 unspecified atom stereocenters. The molecule has 0 atom stereocenters. The fourth-order valence-corrected chi connectivity index (χ4v) is 3.17. The molecule has 1 amide bonds. The molecule has 4 nitrogen and oxygen atoms in total. The molecular formula is C23H16BrClN2O2. The van der Waals surface area contributed by atoms with E-state index in [1.807, 2.05) is 48.5 Å². The maximum atomic E-state index is 12.5. The molecule has 3 aromatic rings. The first-order valence-electron chi connectivity index (χ1n) is 8.70. The standard InChI is InChI=1S/C23H16BrClN2O2/c24-19-9-10-22(29-15-16-5-4-6-20(25)11-16)17(13-19)12-18(14-26)23(28)27-21-7-2-1-3-8-21/h1-13H,15H2,(H,27,28)/b18-12+. The molecule has 3 aromatic carbocycles. The summed E-state index contributed by atoms with van der Waals surface area (Å²) in [5.74, 6) is 0.0629. The van der Waals surface area contributed by atoms with Gasteiger partial charge in [-0.15, -0.1) is 0 Å². The van der Waals surface area contributed by atoms with E-state index in [2.05, 4.69) is 21.2 Å². The lowest BCUT2D eigenvalue weighted by Gasteiger charge is -2.11. The molecule has 0 saturated carbocycles. The third-order valence-corrected chi connectivity index (χ3v) is 4.68. The largest absolute Gasteiger partial charge is 0.488 e. The lowest BCUT2D eigenvalue weighted by molar-refractivity contribution is -0.112. The van der Waals surface area contributed by atoms with Gasteiger partial charge in [-0.05, 0) is 54.1 Å². The van der Waals surface area contributed by atoms with Crippen molar-refractivity contribution in [3.05, 3.63) is 99.0 Å². The van der Waals surface area contributed by atoms with Crippen molar-refractivity contribution in [2.45, 2.75) is 6.61 Å². The second kappa shape index (κ2) is 9.92. The quantitative estimate of drug-likeness (QED) is 0.345. The summed E-state index contributed by atoms with van der Waals surface area (Å²) in [7, 11) is 0. The molecule has 6 heteroatoms. The zero-order chi connectivity index (χ0) is 20.6. The third kappa shape index (κ3) is 5.95. The average Bonchev–Trinajstić information content (AvgIpc) is 2.72. The lowest BCUT2D eigenvalue weighted by atomic mass is 10.1. The van der Waals surface area contributed by atoms with Gasteiger partial charge in [0.15, 0.2) is 0 Å². The minimum atomic E-state index is -0.487. The Morgan fingerprint density at radius 3 is 2.62 bits per heavy atom. The number of nitriles is 1. The van der Waals surface area contributed by atoms with Crippen molar-refractivity contribution in [3.8, 4) is 11.8 Å². The second-order valence-corrected chi connectivity index (χ2v) is 7.44. The van der Waals surface area contributed by atoms with Gasteiger partial charge < -0.3 is 10.1 Å². The highest BCUT2D eigenvalue weighted by molar-refractivity contribution is 9.10. The fourth-order valence-electron chi connectivity index (χ4n) is 2.58. The Morgan fingerprint density at radius 2 is 1.90 bits per heavy atom. The molecule has 0 aliphatic heterocycles. The minimum Gasteiger partial charge on any atom is -0.488 e. The highest BCUT2D eigenvalue weighted by Crippen LogP contribution is 2.27. The van der Waals surface area contributed by atoms with Crippen molar-refractivity contribution in [2.75, 3.05) is 5.32 Å². The second-order valence-electron chi connectivity index (χ2n) is 6.09. The van der Waals surface area contributed by atoms with Crippen molar-refractivity contribution in [3.63, 3.8) is 0 Å². The lowest BCUT2D eigenvalue weighted by Crippen LogP contribution is -2.13. The SMILES string of the molecule is N#C/C(=C\c1cc(Br)ccc1OCc1cccc(Cl)c1)C(=O)Nc1ccccc1. The van der Waals surface area contributed by atoms with E-state index in [-0.39, 0.29) is 5.57 Å². The smallest absolute Gasteiger partial charge is 0.266 e. The van der Waals surface area contributed by atoms with Crippen molar-refractivity contribution >= 4 is 45.2 Å². The number of hydrogen-bond donors (Lipinski definition) is 1.